The number of hydrogen-bond acceptors (Lipinski definition) is 4. The van der Waals surface area contributed by atoms with Gasteiger partial charge in [-0.1, -0.05) is 19.3 Å². The van der Waals surface area contributed by atoms with Gasteiger partial charge in [0.05, 0.1) is 12.2 Å². The highest BCUT2D eigenvalue weighted by atomic mass is 16.4. The van der Waals surface area contributed by atoms with Gasteiger partial charge in [0.25, 0.3) is 0 Å². The predicted molar refractivity (Wildman–Crippen MR) is 84.2 cm³/mol. The molecule has 2 fully saturated rings. The normalized spacial score (nSPS) is 30.4. The summed E-state index contributed by atoms with van der Waals surface area (Å²) in [4.78, 5) is 7.00. The fourth-order valence-corrected chi connectivity index (χ4v) is 4.01. The maximum absolute atomic E-state index is 5.75. The highest BCUT2D eigenvalue weighted by Gasteiger charge is 2.34. The minimum Gasteiger partial charge on any atom is -0.444 e. The summed E-state index contributed by atoms with van der Waals surface area (Å²) in [6.45, 7) is 8.69. The fourth-order valence-electron chi connectivity index (χ4n) is 4.01. The van der Waals surface area contributed by atoms with Crippen LogP contribution in [0.25, 0.3) is 0 Å². The van der Waals surface area contributed by atoms with Crippen molar-refractivity contribution in [3.8, 4) is 0 Å². The molecule has 2 aliphatic rings. The molecule has 3 unspecified atom stereocenters. The van der Waals surface area contributed by atoms with E-state index in [1.807, 2.05) is 13.1 Å². The van der Waals surface area contributed by atoms with Crippen molar-refractivity contribution in [1.29, 1.82) is 0 Å². The number of hydrogen-bond donors (Lipinski definition) is 1. The summed E-state index contributed by atoms with van der Waals surface area (Å²) in [6.07, 6.45) is 8.87. The van der Waals surface area contributed by atoms with Gasteiger partial charge in [0.1, 0.15) is 5.76 Å². The van der Waals surface area contributed by atoms with Crippen molar-refractivity contribution < 1.29 is 4.42 Å². The average molecular weight is 291 g/mol. The van der Waals surface area contributed by atoms with E-state index in [1.54, 1.807) is 0 Å². The first-order valence-electron chi connectivity index (χ1n) is 8.56. The van der Waals surface area contributed by atoms with Gasteiger partial charge >= 0.3 is 0 Å². The van der Waals surface area contributed by atoms with Gasteiger partial charge in [-0.2, -0.15) is 0 Å². The quantitative estimate of drug-likeness (QED) is 0.928. The number of nitrogens with zero attached hydrogens (tertiary/aromatic N) is 2. The van der Waals surface area contributed by atoms with Crippen molar-refractivity contribution in [1.82, 2.24) is 15.2 Å². The molecular weight excluding hydrogens is 262 g/mol. The molecule has 1 N–H and O–H groups in total. The van der Waals surface area contributed by atoms with Crippen LogP contribution < -0.4 is 5.32 Å². The number of aromatic nitrogens is 1. The summed E-state index contributed by atoms with van der Waals surface area (Å²) in [5.41, 5.74) is 0. The standard InChI is InChI=1S/C17H29N3O/c1-12-9-18-16(15-7-5-4-6-8-15)11-20(12)14(3)17-19-10-13(2)21-17/h10,12,14-16,18H,4-9,11H2,1-3H3. The van der Waals surface area contributed by atoms with E-state index in [9.17, 15) is 0 Å². The van der Waals surface area contributed by atoms with E-state index in [2.05, 4.69) is 29.0 Å². The van der Waals surface area contributed by atoms with Crippen molar-refractivity contribution in [2.75, 3.05) is 13.1 Å². The third kappa shape index (κ3) is 3.32. The number of rotatable bonds is 3. The Morgan fingerprint density at radius 3 is 2.76 bits per heavy atom. The maximum Gasteiger partial charge on any atom is 0.211 e. The van der Waals surface area contributed by atoms with Crippen LogP contribution in [0.1, 0.15) is 63.6 Å². The van der Waals surface area contributed by atoms with Crippen LogP contribution >= 0.6 is 0 Å². The Kier molecular flexibility index (Phi) is 4.65. The summed E-state index contributed by atoms with van der Waals surface area (Å²) in [6, 6.07) is 1.44. The van der Waals surface area contributed by atoms with E-state index in [0.29, 0.717) is 12.1 Å². The molecule has 3 rings (SSSR count). The van der Waals surface area contributed by atoms with E-state index in [0.717, 1.165) is 30.7 Å². The van der Waals surface area contributed by atoms with Gasteiger partial charge in [-0.3, -0.25) is 4.90 Å². The molecule has 0 aromatic carbocycles. The van der Waals surface area contributed by atoms with Gasteiger partial charge in [0, 0.05) is 25.2 Å². The van der Waals surface area contributed by atoms with E-state index >= 15 is 0 Å². The molecule has 0 spiro atoms. The molecule has 0 amide bonds. The third-order valence-electron chi connectivity index (χ3n) is 5.36. The Hall–Kier alpha value is -0.870. The van der Waals surface area contributed by atoms with Crippen LogP contribution in [0.4, 0.5) is 0 Å². The van der Waals surface area contributed by atoms with Crippen LogP contribution in [0.3, 0.4) is 0 Å². The van der Waals surface area contributed by atoms with Gasteiger partial charge in [0.15, 0.2) is 0 Å². The number of oxazole rings is 1. The lowest BCUT2D eigenvalue weighted by Crippen LogP contribution is -2.58. The van der Waals surface area contributed by atoms with Gasteiger partial charge in [0.2, 0.25) is 5.89 Å². The highest BCUT2D eigenvalue weighted by Crippen LogP contribution is 2.31. The number of aryl methyl sites for hydroxylation is 1. The maximum atomic E-state index is 5.75. The minimum absolute atomic E-state index is 0.266. The average Bonchev–Trinajstić information content (AvgIpc) is 2.94. The molecule has 2 heterocycles. The first-order chi connectivity index (χ1) is 10.1. The first-order valence-corrected chi connectivity index (χ1v) is 8.56. The van der Waals surface area contributed by atoms with Gasteiger partial charge in [-0.05, 0) is 39.5 Å². The SMILES string of the molecule is Cc1cnc(C(C)N2CC(C3CCCCC3)NCC2C)o1. The molecule has 0 bridgehead atoms. The van der Waals surface area contributed by atoms with Gasteiger partial charge < -0.3 is 9.73 Å². The van der Waals surface area contributed by atoms with Crippen LogP contribution in [0.5, 0.6) is 0 Å². The summed E-state index contributed by atoms with van der Waals surface area (Å²) in [5.74, 6) is 2.62. The molecule has 3 atom stereocenters. The zero-order chi connectivity index (χ0) is 14.8. The lowest BCUT2D eigenvalue weighted by atomic mass is 9.82. The predicted octanol–water partition coefficient (Wildman–Crippen LogP) is 3.29. The lowest BCUT2D eigenvalue weighted by Gasteiger charge is -2.44. The largest absolute Gasteiger partial charge is 0.444 e. The molecule has 1 saturated carbocycles. The molecular formula is C17H29N3O. The number of piperazine rings is 1. The van der Waals surface area contributed by atoms with E-state index in [1.165, 1.54) is 32.1 Å². The Labute approximate surface area is 128 Å². The Morgan fingerprint density at radius 1 is 1.33 bits per heavy atom. The molecule has 1 aromatic rings. The number of nitrogens with one attached hydrogen (secondary N) is 1. The second-order valence-electron chi connectivity index (χ2n) is 6.94. The smallest absolute Gasteiger partial charge is 0.211 e. The zero-order valence-electron chi connectivity index (χ0n) is 13.6. The van der Waals surface area contributed by atoms with Crippen molar-refractivity contribution >= 4 is 0 Å². The summed E-state index contributed by atoms with van der Waals surface area (Å²) >= 11 is 0. The molecule has 1 aromatic heterocycles. The second kappa shape index (κ2) is 6.49. The lowest BCUT2D eigenvalue weighted by molar-refractivity contribution is 0.0611. The summed E-state index contributed by atoms with van der Waals surface area (Å²) in [7, 11) is 0. The van der Waals surface area contributed by atoms with Crippen molar-refractivity contribution in [2.45, 2.75) is 71.0 Å². The molecule has 4 heteroatoms. The van der Waals surface area contributed by atoms with E-state index in [4.69, 9.17) is 4.42 Å². The second-order valence-corrected chi connectivity index (χ2v) is 6.94. The van der Waals surface area contributed by atoms with Crippen LogP contribution in [-0.4, -0.2) is 35.1 Å². The Morgan fingerprint density at radius 2 is 2.10 bits per heavy atom. The van der Waals surface area contributed by atoms with Crippen LogP contribution in [0.2, 0.25) is 0 Å². The van der Waals surface area contributed by atoms with Crippen molar-refractivity contribution in [2.24, 2.45) is 5.92 Å². The molecule has 21 heavy (non-hydrogen) atoms. The monoisotopic (exact) mass is 291 g/mol. The highest BCUT2D eigenvalue weighted by molar-refractivity contribution is 4.99. The minimum atomic E-state index is 0.266. The summed E-state index contributed by atoms with van der Waals surface area (Å²) < 4.78 is 5.75. The topological polar surface area (TPSA) is 41.3 Å². The van der Waals surface area contributed by atoms with Gasteiger partial charge in [-0.15, -0.1) is 0 Å². The first kappa shape index (κ1) is 15.0. The molecule has 0 radical (unpaired) electrons. The zero-order valence-corrected chi connectivity index (χ0v) is 13.6. The van der Waals surface area contributed by atoms with Crippen molar-refractivity contribution in [3.63, 3.8) is 0 Å². The van der Waals surface area contributed by atoms with E-state index < -0.39 is 0 Å². The molecule has 4 nitrogen and oxygen atoms in total. The Bertz CT molecular complexity index is 453. The summed E-state index contributed by atoms with van der Waals surface area (Å²) in [5, 5.41) is 3.79. The third-order valence-corrected chi connectivity index (χ3v) is 5.36. The van der Waals surface area contributed by atoms with Gasteiger partial charge in [-0.25, -0.2) is 4.98 Å². The molecule has 1 saturated heterocycles. The molecule has 118 valence electrons. The van der Waals surface area contributed by atoms with Crippen molar-refractivity contribution in [3.05, 3.63) is 17.8 Å². The van der Waals surface area contributed by atoms with Crippen LogP contribution in [-0.2, 0) is 0 Å². The van der Waals surface area contributed by atoms with E-state index in [-0.39, 0.29) is 6.04 Å². The van der Waals surface area contributed by atoms with Crippen LogP contribution in [0.15, 0.2) is 10.6 Å². The fraction of sp³-hybridized carbons (Fsp3) is 0.824. The Balaban J connectivity index is 1.68. The molecule has 1 aliphatic carbocycles. The molecule has 1 aliphatic heterocycles. The van der Waals surface area contributed by atoms with Crippen LogP contribution in [0, 0.1) is 12.8 Å².